The number of nitrogens with zero attached hydrogens (tertiary/aromatic N) is 6. The lowest BCUT2D eigenvalue weighted by atomic mass is 10.0. The van der Waals surface area contributed by atoms with E-state index in [2.05, 4.69) is 37.1 Å². The first-order valence-corrected chi connectivity index (χ1v) is 13.9. The number of pyridine rings is 1. The summed E-state index contributed by atoms with van der Waals surface area (Å²) in [5, 5.41) is 3.39. The van der Waals surface area contributed by atoms with Crippen LogP contribution in [0.2, 0.25) is 0 Å². The Labute approximate surface area is 240 Å². The summed E-state index contributed by atoms with van der Waals surface area (Å²) in [5.74, 6) is 0.833. The summed E-state index contributed by atoms with van der Waals surface area (Å²) in [6.45, 7) is 6.97. The molecule has 220 valence electrons. The van der Waals surface area contributed by atoms with Crippen molar-refractivity contribution >= 4 is 22.8 Å². The number of carbonyl (C=O) groups excluding carboxylic acids is 1. The quantitative estimate of drug-likeness (QED) is 0.335. The number of fused-ring (bicyclic) bond motifs is 2. The summed E-state index contributed by atoms with van der Waals surface area (Å²) < 4.78 is 48.1. The number of nitrogens with one attached hydrogen (secondary N) is 2. The van der Waals surface area contributed by atoms with E-state index in [0.717, 1.165) is 55.4 Å². The predicted octanol–water partition coefficient (Wildman–Crippen LogP) is 4.89. The highest BCUT2D eigenvalue weighted by Gasteiger charge is 2.34. The molecule has 0 bridgehead atoms. The number of carbonyl (C=O) groups is 1. The average molecular weight is 581 g/mol. The van der Waals surface area contributed by atoms with E-state index in [1.165, 1.54) is 12.4 Å². The van der Waals surface area contributed by atoms with E-state index in [-0.39, 0.29) is 24.3 Å². The van der Waals surface area contributed by atoms with Gasteiger partial charge in [0.1, 0.15) is 17.7 Å². The van der Waals surface area contributed by atoms with Crippen molar-refractivity contribution in [2.24, 2.45) is 0 Å². The fourth-order valence-electron chi connectivity index (χ4n) is 5.44. The van der Waals surface area contributed by atoms with E-state index in [1.807, 2.05) is 11.0 Å². The van der Waals surface area contributed by atoms with Crippen molar-refractivity contribution in [1.29, 1.82) is 0 Å². The predicted molar refractivity (Wildman–Crippen MR) is 150 cm³/mol. The van der Waals surface area contributed by atoms with E-state index in [9.17, 15) is 18.0 Å². The van der Waals surface area contributed by atoms with E-state index in [4.69, 9.17) is 4.74 Å². The summed E-state index contributed by atoms with van der Waals surface area (Å²) in [7, 11) is 0. The zero-order valence-electron chi connectivity index (χ0n) is 23.1. The van der Waals surface area contributed by atoms with E-state index < -0.39 is 17.8 Å². The second-order valence-corrected chi connectivity index (χ2v) is 10.5. The van der Waals surface area contributed by atoms with Gasteiger partial charge in [-0.1, -0.05) is 13.0 Å². The van der Waals surface area contributed by atoms with Gasteiger partial charge < -0.3 is 24.8 Å². The van der Waals surface area contributed by atoms with Crippen molar-refractivity contribution in [1.82, 2.24) is 34.6 Å². The number of aromatic amines is 1. The number of hydrogen-bond acceptors (Lipinski definition) is 7. The molecule has 0 unspecified atom stereocenters. The van der Waals surface area contributed by atoms with E-state index >= 15 is 0 Å². The number of aromatic nitrogens is 4. The number of likely N-dealkylation sites (N-methyl/N-ethyl adjacent to an activating group) is 1. The van der Waals surface area contributed by atoms with Crippen LogP contribution in [0.25, 0.3) is 11.0 Å². The first-order valence-electron chi connectivity index (χ1n) is 13.9. The maximum Gasteiger partial charge on any atom is 0.416 e. The maximum atomic E-state index is 14.0. The number of ether oxygens (including phenoxy) is 1. The number of halogens is 3. The number of hydrogen-bond donors (Lipinski definition) is 2. The Morgan fingerprint density at radius 3 is 2.64 bits per heavy atom. The van der Waals surface area contributed by atoms with Gasteiger partial charge in [0.15, 0.2) is 0 Å². The zero-order chi connectivity index (χ0) is 29.3. The number of piperazine rings is 1. The van der Waals surface area contributed by atoms with Gasteiger partial charge in [-0.15, -0.1) is 0 Å². The highest BCUT2D eigenvalue weighted by molar-refractivity contribution is 5.89. The van der Waals surface area contributed by atoms with Crippen LogP contribution < -0.4 is 10.1 Å². The molecule has 0 aliphatic carbocycles. The van der Waals surface area contributed by atoms with Crippen LogP contribution in [0.15, 0.2) is 49.1 Å². The third kappa shape index (κ3) is 6.02. The van der Waals surface area contributed by atoms with E-state index in [1.54, 1.807) is 29.4 Å². The first-order chi connectivity index (χ1) is 20.3. The van der Waals surface area contributed by atoms with Crippen molar-refractivity contribution < 1.29 is 22.7 Å². The normalized spacial score (nSPS) is 16.4. The van der Waals surface area contributed by atoms with Crippen LogP contribution in [-0.2, 0) is 25.7 Å². The molecule has 5 heterocycles. The summed E-state index contributed by atoms with van der Waals surface area (Å²) in [6.07, 6.45) is 0.725. The van der Waals surface area contributed by atoms with Crippen molar-refractivity contribution in [3.63, 3.8) is 0 Å². The van der Waals surface area contributed by atoms with Crippen LogP contribution >= 0.6 is 0 Å². The molecule has 1 saturated heterocycles. The molecule has 42 heavy (non-hydrogen) atoms. The minimum Gasteiger partial charge on any atom is -0.437 e. The number of H-pyrrole nitrogens is 1. The minimum atomic E-state index is -4.54. The Morgan fingerprint density at radius 2 is 1.86 bits per heavy atom. The second-order valence-electron chi connectivity index (χ2n) is 10.5. The van der Waals surface area contributed by atoms with Crippen molar-refractivity contribution in [3.8, 4) is 11.6 Å². The molecule has 1 aromatic carbocycles. The van der Waals surface area contributed by atoms with Gasteiger partial charge in [-0.05, 0) is 41.9 Å². The van der Waals surface area contributed by atoms with Gasteiger partial charge in [0, 0.05) is 69.8 Å². The third-order valence-electron chi connectivity index (χ3n) is 7.81. The molecular weight excluding hydrogens is 549 g/mol. The number of anilines is 1. The van der Waals surface area contributed by atoms with Crippen molar-refractivity contribution in [2.45, 2.75) is 32.6 Å². The Balaban J connectivity index is 1.13. The lowest BCUT2D eigenvalue weighted by Gasteiger charge is -2.34. The Bertz CT molecular complexity index is 1580. The van der Waals surface area contributed by atoms with Crippen LogP contribution in [0.4, 0.5) is 23.7 Å². The molecule has 10 nitrogen and oxygen atoms in total. The topological polar surface area (TPSA) is 103 Å². The third-order valence-corrected chi connectivity index (χ3v) is 7.81. The molecular formula is C29H31F3N8O2. The standard InChI is InChI=1S/C29H31F3N8O2/c1-2-38-9-11-39(12-10-38)16-19-3-4-21(14-24(19)29(30,31)32)37-28(41)40-8-6-25-20(17-40)13-22(15-34-25)42-27-23-5-7-33-26(23)35-18-36-27/h3-5,7,13-15,18H,2,6,8-12,16-17H2,1H3,(H,37,41)(H,33,35,36). The molecule has 2 aliphatic heterocycles. The first kappa shape index (κ1) is 27.9. The number of urea groups is 1. The summed E-state index contributed by atoms with van der Waals surface area (Å²) in [4.78, 5) is 34.9. The molecule has 2 N–H and O–H groups in total. The number of alkyl halides is 3. The lowest BCUT2D eigenvalue weighted by molar-refractivity contribution is -0.138. The van der Waals surface area contributed by atoms with Gasteiger partial charge in [-0.2, -0.15) is 13.2 Å². The molecule has 0 spiro atoms. The van der Waals surface area contributed by atoms with Crippen molar-refractivity contribution in [3.05, 3.63) is 71.4 Å². The fraction of sp³-hybridized carbons (Fsp3) is 0.379. The number of amides is 2. The average Bonchev–Trinajstić information content (AvgIpc) is 3.47. The van der Waals surface area contributed by atoms with Gasteiger partial charge in [-0.25, -0.2) is 14.8 Å². The van der Waals surface area contributed by atoms with Gasteiger partial charge in [-0.3, -0.25) is 9.88 Å². The van der Waals surface area contributed by atoms with Crippen molar-refractivity contribution in [2.75, 3.05) is 44.6 Å². The largest absolute Gasteiger partial charge is 0.437 e. The van der Waals surface area contributed by atoms with Crippen LogP contribution in [-0.4, -0.2) is 79.9 Å². The lowest BCUT2D eigenvalue weighted by Crippen LogP contribution is -2.45. The van der Waals surface area contributed by atoms with Gasteiger partial charge in [0.2, 0.25) is 5.88 Å². The Hall–Kier alpha value is -4.23. The molecule has 6 rings (SSSR count). The summed E-state index contributed by atoms with van der Waals surface area (Å²) in [6, 6.07) is 7.18. The number of rotatable bonds is 6. The zero-order valence-corrected chi connectivity index (χ0v) is 23.1. The van der Waals surface area contributed by atoms with Crippen LogP contribution in [0.3, 0.4) is 0 Å². The Kier molecular flexibility index (Phi) is 7.69. The highest BCUT2D eigenvalue weighted by Crippen LogP contribution is 2.35. The molecule has 2 aliphatic rings. The fourth-order valence-corrected chi connectivity index (χ4v) is 5.44. The van der Waals surface area contributed by atoms with Gasteiger partial charge in [0.25, 0.3) is 0 Å². The minimum absolute atomic E-state index is 0.104. The summed E-state index contributed by atoms with van der Waals surface area (Å²) in [5.41, 5.74) is 1.86. The van der Waals surface area contributed by atoms with Gasteiger partial charge >= 0.3 is 12.2 Å². The van der Waals surface area contributed by atoms with Crippen LogP contribution in [0.5, 0.6) is 11.6 Å². The molecule has 0 saturated carbocycles. The molecule has 1 fully saturated rings. The maximum absolute atomic E-state index is 14.0. The second kappa shape index (κ2) is 11.6. The van der Waals surface area contributed by atoms with E-state index in [0.29, 0.717) is 30.2 Å². The van der Waals surface area contributed by atoms with Gasteiger partial charge in [0.05, 0.1) is 17.1 Å². The molecule has 0 radical (unpaired) electrons. The smallest absolute Gasteiger partial charge is 0.416 e. The molecule has 0 atom stereocenters. The van der Waals surface area contributed by atoms with Crippen LogP contribution in [0, 0.1) is 0 Å². The SMILES string of the molecule is CCN1CCN(Cc2ccc(NC(=O)N3CCc4ncc(Oc5ncnc6[nH]ccc56)cc4C3)cc2C(F)(F)F)CC1. The molecule has 4 aromatic rings. The van der Waals surface area contributed by atoms with Crippen LogP contribution in [0.1, 0.15) is 29.3 Å². The summed E-state index contributed by atoms with van der Waals surface area (Å²) >= 11 is 0. The molecule has 3 aromatic heterocycles. The molecule has 13 heteroatoms. The highest BCUT2D eigenvalue weighted by atomic mass is 19.4. The monoisotopic (exact) mass is 580 g/mol. The molecule has 2 amide bonds. The number of benzene rings is 1. The Morgan fingerprint density at radius 1 is 1.05 bits per heavy atom.